The molecule has 1 fully saturated rings. The Morgan fingerprint density at radius 1 is 1.10 bits per heavy atom. The van der Waals surface area contributed by atoms with Crippen LogP contribution in [-0.2, 0) is 4.79 Å². The van der Waals surface area contributed by atoms with E-state index in [0.29, 0.717) is 47.0 Å². The minimum atomic E-state index is -1.02. The number of carbonyl (C=O) groups excluding carboxylic acids is 1. The zero-order valence-electron chi connectivity index (χ0n) is 17.6. The Kier molecular flexibility index (Phi) is 7.36. The normalized spacial score (nSPS) is 16.2. The molecule has 1 amide bonds. The van der Waals surface area contributed by atoms with E-state index in [0.717, 1.165) is 5.56 Å². The summed E-state index contributed by atoms with van der Waals surface area (Å²) in [6.45, 7) is 7.17. The highest BCUT2D eigenvalue weighted by atomic mass is 32.2. The molecule has 2 aromatic rings. The maximum Gasteiger partial charge on any atom is 0.335 e. The van der Waals surface area contributed by atoms with Crippen LogP contribution in [0.5, 0.6) is 11.5 Å². The fraction of sp³-hybridized carbons (Fsp3) is 0.261. The summed E-state index contributed by atoms with van der Waals surface area (Å²) < 4.78 is 11.3. The van der Waals surface area contributed by atoms with E-state index in [1.165, 1.54) is 23.9 Å². The van der Waals surface area contributed by atoms with Crippen LogP contribution in [0.2, 0.25) is 0 Å². The van der Waals surface area contributed by atoms with Gasteiger partial charge < -0.3 is 14.6 Å². The molecule has 1 N–H and O–H groups in total. The summed E-state index contributed by atoms with van der Waals surface area (Å²) in [5, 5.41) is 9.70. The van der Waals surface area contributed by atoms with E-state index in [1.807, 2.05) is 39.0 Å². The number of carboxylic acids is 1. The lowest BCUT2D eigenvalue weighted by atomic mass is 10.2. The second-order valence-electron chi connectivity index (χ2n) is 6.48. The highest BCUT2D eigenvalue weighted by Crippen LogP contribution is 2.36. The van der Waals surface area contributed by atoms with E-state index in [4.69, 9.17) is 9.47 Å². The molecule has 8 heteroatoms. The Bertz CT molecular complexity index is 1050. The fourth-order valence-corrected chi connectivity index (χ4v) is 4.06. The number of ether oxygens (including phenoxy) is 2. The third-order valence-electron chi connectivity index (χ3n) is 4.39. The number of likely N-dealkylation sites (N-methyl/N-ethyl adjacent to an activating group) is 1. The van der Waals surface area contributed by atoms with Crippen molar-refractivity contribution in [2.45, 2.75) is 20.8 Å². The maximum atomic E-state index is 12.9. The highest BCUT2D eigenvalue weighted by molar-refractivity contribution is 8.18. The van der Waals surface area contributed by atoms with Crippen molar-refractivity contribution in [3.63, 3.8) is 0 Å². The van der Waals surface area contributed by atoms with Crippen LogP contribution >= 0.6 is 11.8 Å². The second kappa shape index (κ2) is 10.2. The molecule has 1 saturated heterocycles. The van der Waals surface area contributed by atoms with Crippen LogP contribution in [0.4, 0.5) is 5.69 Å². The number of hydrogen-bond donors (Lipinski definition) is 1. The number of rotatable bonds is 8. The number of thioether (sulfide) groups is 1. The zero-order valence-corrected chi connectivity index (χ0v) is 18.4. The summed E-state index contributed by atoms with van der Waals surface area (Å²) in [4.78, 5) is 30.7. The van der Waals surface area contributed by atoms with E-state index in [2.05, 4.69) is 4.99 Å². The Morgan fingerprint density at radius 3 is 2.52 bits per heavy atom. The van der Waals surface area contributed by atoms with E-state index >= 15 is 0 Å². The molecule has 1 aliphatic heterocycles. The molecular formula is C23H24N2O5S. The molecule has 1 heterocycles. The van der Waals surface area contributed by atoms with Gasteiger partial charge in [0.2, 0.25) is 0 Å². The van der Waals surface area contributed by atoms with Gasteiger partial charge in [-0.1, -0.05) is 12.1 Å². The summed E-state index contributed by atoms with van der Waals surface area (Å²) in [6, 6.07) is 11.9. The molecule has 0 unspecified atom stereocenters. The van der Waals surface area contributed by atoms with Gasteiger partial charge >= 0.3 is 5.97 Å². The molecule has 0 atom stereocenters. The third-order valence-corrected chi connectivity index (χ3v) is 5.39. The molecule has 0 bridgehead atoms. The molecule has 0 saturated carbocycles. The number of amidine groups is 1. The van der Waals surface area contributed by atoms with Gasteiger partial charge in [-0.15, -0.1) is 0 Å². The van der Waals surface area contributed by atoms with Gasteiger partial charge in [0.05, 0.1) is 29.4 Å². The lowest BCUT2D eigenvalue weighted by Gasteiger charge is -2.12. The smallest absolute Gasteiger partial charge is 0.335 e. The van der Waals surface area contributed by atoms with Gasteiger partial charge in [-0.25, -0.2) is 9.79 Å². The topological polar surface area (TPSA) is 88.4 Å². The number of carboxylic acid groups (broad SMARTS) is 1. The van der Waals surface area contributed by atoms with Crippen LogP contribution < -0.4 is 9.47 Å². The fourth-order valence-electron chi connectivity index (χ4n) is 3.00. The van der Waals surface area contributed by atoms with Crippen LogP contribution in [-0.4, -0.2) is 46.8 Å². The first kappa shape index (κ1) is 22.4. The molecule has 1 aliphatic rings. The van der Waals surface area contributed by atoms with Crippen molar-refractivity contribution in [3.8, 4) is 11.5 Å². The van der Waals surface area contributed by atoms with Crippen molar-refractivity contribution < 1.29 is 24.2 Å². The summed E-state index contributed by atoms with van der Waals surface area (Å²) in [6.07, 6.45) is 1.80. The number of benzene rings is 2. The average molecular weight is 441 g/mol. The summed E-state index contributed by atoms with van der Waals surface area (Å²) in [7, 11) is 0. The number of amides is 1. The molecule has 3 rings (SSSR count). The standard InChI is InChI=1S/C23H24N2O5S/c1-4-25-21(26)20(13-15-10-11-18(29-5-2)19(12-15)30-6-3)31-23(25)24-17-9-7-8-16(14-17)22(27)28/h7-14H,4-6H2,1-3H3,(H,27,28)/b20-13-,24-23?. The molecule has 0 spiro atoms. The number of aliphatic imine (C=N–C) groups is 1. The van der Waals surface area contributed by atoms with Gasteiger partial charge in [-0.3, -0.25) is 9.69 Å². The second-order valence-corrected chi connectivity index (χ2v) is 7.49. The minimum absolute atomic E-state index is 0.146. The third kappa shape index (κ3) is 5.27. The van der Waals surface area contributed by atoms with Crippen LogP contribution in [0.3, 0.4) is 0 Å². The molecule has 7 nitrogen and oxygen atoms in total. The molecular weight excluding hydrogens is 416 g/mol. The van der Waals surface area contributed by atoms with E-state index < -0.39 is 5.97 Å². The SMILES string of the molecule is CCOc1ccc(/C=C2\SC(=Nc3cccc(C(=O)O)c3)N(CC)C2=O)cc1OCC. The number of hydrogen-bond acceptors (Lipinski definition) is 6. The Balaban J connectivity index is 1.92. The van der Waals surface area contributed by atoms with Crippen molar-refractivity contribution in [3.05, 3.63) is 58.5 Å². The summed E-state index contributed by atoms with van der Waals surface area (Å²) in [5.74, 6) is 0.117. The Hall–Kier alpha value is -3.26. The van der Waals surface area contributed by atoms with Crippen molar-refractivity contribution >= 4 is 40.6 Å². The Morgan fingerprint density at radius 2 is 1.84 bits per heavy atom. The van der Waals surface area contributed by atoms with Crippen LogP contribution in [0.25, 0.3) is 6.08 Å². The lowest BCUT2D eigenvalue weighted by Crippen LogP contribution is -2.28. The molecule has 0 aliphatic carbocycles. The largest absolute Gasteiger partial charge is 0.490 e. The molecule has 162 valence electrons. The number of nitrogens with zero attached hydrogens (tertiary/aromatic N) is 2. The number of aromatic carboxylic acids is 1. The van der Waals surface area contributed by atoms with Gasteiger partial charge in [0.15, 0.2) is 16.7 Å². The first-order valence-corrected chi connectivity index (χ1v) is 10.8. The molecule has 0 aromatic heterocycles. The van der Waals surface area contributed by atoms with Gasteiger partial charge in [0.25, 0.3) is 5.91 Å². The maximum absolute atomic E-state index is 12.9. The highest BCUT2D eigenvalue weighted by Gasteiger charge is 2.32. The zero-order chi connectivity index (χ0) is 22.4. The quantitative estimate of drug-likeness (QED) is 0.593. The average Bonchev–Trinajstić information content (AvgIpc) is 3.04. The molecule has 31 heavy (non-hydrogen) atoms. The lowest BCUT2D eigenvalue weighted by molar-refractivity contribution is -0.122. The van der Waals surface area contributed by atoms with Crippen LogP contribution in [0.15, 0.2) is 52.4 Å². The van der Waals surface area contributed by atoms with Gasteiger partial charge in [0.1, 0.15) is 0 Å². The monoisotopic (exact) mass is 440 g/mol. The molecule has 0 radical (unpaired) electrons. The van der Waals surface area contributed by atoms with Crippen LogP contribution in [0.1, 0.15) is 36.7 Å². The first-order chi connectivity index (χ1) is 15.0. The van der Waals surface area contributed by atoms with Gasteiger partial charge in [0, 0.05) is 6.54 Å². The van der Waals surface area contributed by atoms with Crippen molar-refractivity contribution in [2.24, 2.45) is 4.99 Å². The van der Waals surface area contributed by atoms with Crippen molar-refractivity contribution in [1.29, 1.82) is 0 Å². The van der Waals surface area contributed by atoms with Gasteiger partial charge in [-0.2, -0.15) is 0 Å². The van der Waals surface area contributed by atoms with Crippen molar-refractivity contribution in [1.82, 2.24) is 4.90 Å². The predicted molar refractivity (Wildman–Crippen MR) is 122 cm³/mol. The van der Waals surface area contributed by atoms with Gasteiger partial charge in [-0.05, 0) is 74.5 Å². The van der Waals surface area contributed by atoms with E-state index in [1.54, 1.807) is 23.1 Å². The van der Waals surface area contributed by atoms with E-state index in [-0.39, 0.29) is 11.5 Å². The van der Waals surface area contributed by atoms with Crippen LogP contribution in [0, 0.1) is 0 Å². The summed E-state index contributed by atoms with van der Waals surface area (Å²) >= 11 is 1.26. The predicted octanol–water partition coefficient (Wildman–Crippen LogP) is 4.81. The van der Waals surface area contributed by atoms with Crippen molar-refractivity contribution in [2.75, 3.05) is 19.8 Å². The first-order valence-electron chi connectivity index (χ1n) is 9.99. The number of carbonyl (C=O) groups is 2. The molecule has 2 aromatic carbocycles. The Labute approximate surface area is 185 Å². The summed E-state index contributed by atoms with van der Waals surface area (Å²) in [5.41, 5.74) is 1.44. The minimum Gasteiger partial charge on any atom is -0.490 e. The van der Waals surface area contributed by atoms with E-state index in [9.17, 15) is 14.7 Å².